The number of carbonyl (C=O) groups excluding carboxylic acids is 1. The summed E-state index contributed by atoms with van der Waals surface area (Å²) >= 11 is 0. The first-order chi connectivity index (χ1) is 9.03. The van der Waals surface area contributed by atoms with E-state index < -0.39 is 9.84 Å². The van der Waals surface area contributed by atoms with Crippen molar-refractivity contribution >= 4 is 21.4 Å². The Kier molecular flexibility index (Phi) is 4.21. The van der Waals surface area contributed by atoms with E-state index in [1.807, 2.05) is 0 Å². The molecule has 0 spiro atoms. The van der Waals surface area contributed by atoms with Crippen LogP contribution in [0.3, 0.4) is 0 Å². The minimum atomic E-state index is -3.18. The standard InChI is InChI=1S/C13H18N2O3S/c1-2-19(17,18)11-7-5-10(6-8-11)15-13(16)12-4-3-9-14-12/h5-8,12,14H,2-4,9H2,1H3,(H,15,16)/t12-/m1/s1. The van der Waals surface area contributed by atoms with Gasteiger partial charge in [0.1, 0.15) is 0 Å². The molecule has 2 rings (SSSR count). The van der Waals surface area contributed by atoms with Gasteiger partial charge in [-0.15, -0.1) is 0 Å². The van der Waals surface area contributed by atoms with Gasteiger partial charge < -0.3 is 10.6 Å². The van der Waals surface area contributed by atoms with Crippen LogP contribution in [0.4, 0.5) is 5.69 Å². The molecule has 1 amide bonds. The highest BCUT2D eigenvalue weighted by molar-refractivity contribution is 7.91. The molecule has 5 nitrogen and oxygen atoms in total. The fourth-order valence-corrected chi connectivity index (χ4v) is 2.93. The number of nitrogens with one attached hydrogen (secondary N) is 2. The first-order valence-corrected chi connectivity index (χ1v) is 8.05. The van der Waals surface area contributed by atoms with Crippen molar-refractivity contribution in [1.29, 1.82) is 0 Å². The Morgan fingerprint density at radius 3 is 2.58 bits per heavy atom. The van der Waals surface area contributed by atoms with E-state index in [2.05, 4.69) is 10.6 Å². The number of hydrogen-bond donors (Lipinski definition) is 2. The molecular weight excluding hydrogens is 264 g/mol. The van der Waals surface area contributed by atoms with Crippen LogP contribution in [0.5, 0.6) is 0 Å². The summed E-state index contributed by atoms with van der Waals surface area (Å²) in [6.45, 7) is 2.47. The second-order valence-electron chi connectivity index (χ2n) is 4.57. The van der Waals surface area contributed by atoms with E-state index in [-0.39, 0.29) is 22.6 Å². The molecule has 1 saturated heterocycles. The Morgan fingerprint density at radius 2 is 2.05 bits per heavy atom. The Hall–Kier alpha value is -1.40. The zero-order valence-corrected chi connectivity index (χ0v) is 11.7. The predicted octanol–water partition coefficient (Wildman–Crippen LogP) is 1.17. The fraction of sp³-hybridized carbons (Fsp3) is 0.462. The Bertz CT molecular complexity index is 546. The van der Waals surface area contributed by atoms with Crippen molar-refractivity contribution in [2.24, 2.45) is 0 Å². The average molecular weight is 282 g/mol. The molecule has 19 heavy (non-hydrogen) atoms. The topological polar surface area (TPSA) is 75.3 Å². The Morgan fingerprint density at radius 1 is 1.37 bits per heavy atom. The minimum absolute atomic E-state index is 0.0661. The molecule has 0 saturated carbocycles. The van der Waals surface area contributed by atoms with Crippen LogP contribution < -0.4 is 10.6 Å². The van der Waals surface area contributed by atoms with Crippen molar-refractivity contribution in [3.8, 4) is 0 Å². The van der Waals surface area contributed by atoms with Crippen LogP contribution in [0.25, 0.3) is 0 Å². The molecule has 0 bridgehead atoms. The SMILES string of the molecule is CCS(=O)(=O)c1ccc(NC(=O)[C@H]2CCCN2)cc1. The summed E-state index contributed by atoms with van der Waals surface area (Å²) in [6.07, 6.45) is 1.85. The highest BCUT2D eigenvalue weighted by atomic mass is 32.2. The number of amides is 1. The maximum absolute atomic E-state index is 11.9. The van der Waals surface area contributed by atoms with Gasteiger partial charge >= 0.3 is 0 Å². The minimum Gasteiger partial charge on any atom is -0.325 e. The third kappa shape index (κ3) is 3.33. The van der Waals surface area contributed by atoms with Gasteiger partial charge in [-0.2, -0.15) is 0 Å². The molecule has 0 aromatic heterocycles. The quantitative estimate of drug-likeness (QED) is 0.869. The highest BCUT2D eigenvalue weighted by Gasteiger charge is 2.21. The summed E-state index contributed by atoms with van der Waals surface area (Å²) in [7, 11) is -3.18. The molecule has 1 aromatic carbocycles. The van der Waals surface area contributed by atoms with Crippen molar-refractivity contribution in [3.63, 3.8) is 0 Å². The zero-order chi connectivity index (χ0) is 13.9. The van der Waals surface area contributed by atoms with Gasteiger partial charge in [0.2, 0.25) is 5.91 Å². The Balaban J connectivity index is 2.04. The van der Waals surface area contributed by atoms with E-state index in [4.69, 9.17) is 0 Å². The number of benzene rings is 1. The number of hydrogen-bond acceptors (Lipinski definition) is 4. The van der Waals surface area contributed by atoms with Gasteiger partial charge in [0, 0.05) is 5.69 Å². The second-order valence-corrected chi connectivity index (χ2v) is 6.84. The van der Waals surface area contributed by atoms with Crippen molar-refractivity contribution < 1.29 is 13.2 Å². The first kappa shape index (κ1) is 14.0. The molecule has 1 fully saturated rings. The normalized spacial score (nSPS) is 19.3. The van der Waals surface area contributed by atoms with Gasteiger partial charge in [-0.25, -0.2) is 8.42 Å². The lowest BCUT2D eigenvalue weighted by Crippen LogP contribution is -2.35. The van der Waals surface area contributed by atoms with Crippen LogP contribution >= 0.6 is 0 Å². The third-order valence-corrected chi connectivity index (χ3v) is 4.99. The van der Waals surface area contributed by atoms with E-state index >= 15 is 0 Å². The molecule has 0 unspecified atom stereocenters. The number of anilines is 1. The van der Waals surface area contributed by atoms with Crippen molar-refractivity contribution in [1.82, 2.24) is 5.32 Å². The van der Waals surface area contributed by atoms with Crippen molar-refractivity contribution in [2.75, 3.05) is 17.6 Å². The molecular formula is C13H18N2O3S. The van der Waals surface area contributed by atoms with Gasteiger partial charge in [-0.05, 0) is 43.7 Å². The van der Waals surface area contributed by atoms with Crippen LogP contribution in [0, 0.1) is 0 Å². The smallest absolute Gasteiger partial charge is 0.241 e. The fourth-order valence-electron chi connectivity index (χ4n) is 2.05. The molecule has 0 radical (unpaired) electrons. The predicted molar refractivity (Wildman–Crippen MR) is 73.8 cm³/mol. The van der Waals surface area contributed by atoms with Crippen LogP contribution in [0.2, 0.25) is 0 Å². The third-order valence-electron chi connectivity index (χ3n) is 3.24. The van der Waals surface area contributed by atoms with Gasteiger partial charge in [-0.3, -0.25) is 4.79 Å². The lowest BCUT2D eigenvalue weighted by Gasteiger charge is -2.11. The number of carbonyl (C=O) groups is 1. The summed E-state index contributed by atoms with van der Waals surface area (Å²) in [6, 6.07) is 6.15. The van der Waals surface area contributed by atoms with Crippen LogP contribution in [-0.2, 0) is 14.6 Å². The zero-order valence-electron chi connectivity index (χ0n) is 10.8. The van der Waals surface area contributed by atoms with Crippen LogP contribution in [0.15, 0.2) is 29.2 Å². The summed E-state index contributed by atoms with van der Waals surface area (Å²) in [5.74, 6) is 0.00799. The van der Waals surface area contributed by atoms with Gasteiger partial charge in [-0.1, -0.05) is 6.92 Å². The van der Waals surface area contributed by atoms with Crippen LogP contribution in [-0.4, -0.2) is 32.7 Å². The molecule has 6 heteroatoms. The monoisotopic (exact) mass is 282 g/mol. The maximum Gasteiger partial charge on any atom is 0.241 e. The summed E-state index contributed by atoms with van der Waals surface area (Å²) < 4.78 is 23.3. The summed E-state index contributed by atoms with van der Waals surface area (Å²) in [5.41, 5.74) is 0.619. The number of rotatable bonds is 4. The van der Waals surface area contributed by atoms with Gasteiger partial charge in [0.15, 0.2) is 9.84 Å². The summed E-state index contributed by atoms with van der Waals surface area (Å²) in [4.78, 5) is 12.1. The maximum atomic E-state index is 11.9. The molecule has 104 valence electrons. The van der Waals surface area contributed by atoms with Crippen molar-refractivity contribution in [2.45, 2.75) is 30.7 Å². The molecule has 2 N–H and O–H groups in total. The van der Waals surface area contributed by atoms with Gasteiger partial charge in [0.05, 0.1) is 16.7 Å². The molecule has 1 aromatic rings. The second kappa shape index (κ2) is 5.71. The lowest BCUT2D eigenvalue weighted by atomic mass is 10.2. The Labute approximate surface area is 113 Å². The summed E-state index contributed by atoms with van der Waals surface area (Å²) in [5, 5.41) is 5.90. The lowest BCUT2D eigenvalue weighted by molar-refractivity contribution is -0.117. The van der Waals surface area contributed by atoms with Crippen LogP contribution in [0.1, 0.15) is 19.8 Å². The van der Waals surface area contributed by atoms with E-state index in [1.165, 1.54) is 12.1 Å². The van der Waals surface area contributed by atoms with E-state index in [0.717, 1.165) is 19.4 Å². The van der Waals surface area contributed by atoms with Gasteiger partial charge in [0.25, 0.3) is 0 Å². The molecule has 1 heterocycles. The molecule has 1 aliphatic heterocycles. The largest absolute Gasteiger partial charge is 0.325 e. The average Bonchev–Trinajstić information content (AvgIpc) is 2.93. The van der Waals surface area contributed by atoms with E-state index in [1.54, 1.807) is 19.1 Å². The highest BCUT2D eigenvalue weighted by Crippen LogP contribution is 2.16. The van der Waals surface area contributed by atoms with E-state index in [9.17, 15) is 13.2 Å². The van der Waals surface area contributed by atoms with E-state index in [0.29, 0.717) is 5.69 Å². The van der Waals surface area contributed by atoms with Crippen molar-refractivity contribution in [3.05, 3.63) is 24.3 Å². The molecule has 1 atom stereocenters. The first-order valence-electron chi connectivity index (χ1n) is 6.40. The number of sulfone groups is 1. The molecule has 0 aliphatic carbocycles. The molecule has 1 aliphatic rings.